The number of anilines is 1. The van der Waals surface area contributed by atoms with Crippen molar-refractivity contribution in [2.75, 3.05) is 31.1 Å². The lowest BCUT2D eigenvalue weighted by atomic mass is 10.2. The fourth-order valence-electron chi connectivity index (χ4n) is 3.08. The van der Waals surface area contributed by atoms with Crippen molar-refractivity contribution >= 4 is 28.8 Å². The lowest BCUT2D eigenvalue weighted by Gasteiger charge is -2.23. The van der Waals surface area contributed by atoms with E-state index in [-0.39, 0.29) is 24.5 Å². The summed E-state index contributed by atoms with van der Waals surface area (Å²) >= 11 is 1.36. The second-order valence-corrected chi connectivity index (χ2v) is 7.47. The molecule has 1 fully saturated rings. The zero-order valence-corrected chi connectivity index (χ0v) is 15.9. The number of carbonyl (C=O) groups excluding carboxylic acids is 2. The molecule has 1 aliphatic rings. The molecule has 9 heteroatoms. The summed E-state index contributed by atoms with van der Waals surface area (Å²) in [6.45, 7) is 2.11. The Morgan fingerprint density at radius 2 is 1.89 bits per heavy atom. The van der Waals surface area contributed by atoms with Crippen molar-refractivity contribution in [2.45, 2.75) is 25.4 Å². The van der Waals surface area contributed by atoms with E-state index in [0.29, 0.717) is 43.3 Å². The van der Waals surface area contributed by atoms with E-state index in [1.54, 1.807) is 17.0 Å². The van der Waals surface area contributed by atoms with Gasteiger partial charge in [0, 0.05) is 45.2 Å². The number of Topliss-reactive ketones (excluding diaryl/α,β-unsaturated/α-hetero) is 1. The minimum Gasteiger partial charge on any atom is -0.355 e. The van der Waals surface area contributed by atoms with Crippen molar-refractivity contribution < 1.29 is 22.8 Å². The van der Waals surface area contributed by atoms with Crippen LogP contribution >= 0.6 is 11.3 Å². The number of hydrogen-bond donors (Lipinski definition) is 0. The fraction of sp³-hybridized carbons (Fsp3) is 0.421. The number of ketones is 1. The van der Waals surface area contributed by atoms with Gasteiger partial charge in [-0.15, -0.1) is 11.3 Å². The lowest BCUT2D eigenvalue weighted by molar-refractivity contribution is -0.137. The summed E-state index contributed by atoms with van der Waals surface area (Å²) in [5.41, 5.74) is -0.779. The van der Waals surface area contributed by atoms with Crippen molar-refractivity contribution in [1.29, 1.82) is 0 Å². The number of pyridine rings is 1. The van der Waals surface area contributed by atoms with E-state index in [2.05, 4.69) is 4.98 Å². The molecule has 0 spiro atoms. The molecule has 3 heterocycles. The maximum atomic E-state index is 12.7. The summed E-state index contributed by atoms with van der Waals surface area (Å²) in [5, 5.41) is 1.83. The Morgan fingerprint density at radius 3 is 2.54 bits per heavy atom. The third-order valence-corrected chi connectivity index (χ3v) is 5.52. The molecule has 28 heavy (non-hydrogen) atoms. The predicted molar refractivity (Wildman–Crippen MR) is 101 cm³/mol. The van der Waals surface area contributed by atoms with Gasteiger partial charge in [0.05, 0.1) is 10.4 Å². The van der Waals surface area contributed by atoms with E-state index in [0.717, 1.165) is 12.3 Å². The molecule has 0 aromatic carbocycles. The smallest absolute Gasteiger partial charge is 0.355 e. The standard InChI is InChI=1S/C19H20F3N3O2S/c20-19(21,22)14-4-6-17(23-13-14)24-8-2-9-25(11-10-24)18(27)7-5-15(26)16-3-1-12-28-16/h1,3-4,6,12-13H,2,5,7-11H2. The van der Waals surface area contributed by atoms with Crippen LogP contribution in [0, 0.1) is 0 Å². The highest BCUT2D eigenvalue weighted by molar-refractivity contribution is 7.12. The molecule has 0 N–H and O–H groups in total. The fourth-order valence-corrected chi connectivity index (χ4v) is 3.77. The molecule has 0 atom stereocenters. The van der Waals surface area contributed by atoms with E-state index in [1.807, 2.05) is 10.3 Å². The van der Waals surface area contributed by atoms with Crippen LogP contribution in [0.2, 0.25) is 0 Å². The molecule has 2 aromatic rings. The largest absolute Gasteiger partial charge is 0.417 e. The highest BCUT2D eigenvalue weighted by atomic mass is 32.1. The van der Waals surface area contributed by atoms with Crippen LogP contribution in [0.4, 0.5) is 19.0 Å². The van der Waals surface area contributed by atoms with Gasteiger partial charge in [-0.2, -0.15) is 13.2 Å². The van der Waals surface area contributed by atoms with E-state index >= 15 is 0 Å². The lowest BCUT2D eigenvalue weighted by Crippen LogP contribution is -2.35. The molecular weight excluding hydrogens is 391 g/mol. The summed E-state index contributed by atoms with van der Waals surface area (Å²) in [4.78, 5) is 32.7. The van der Waals surface area contributed by atoms with Gasteiger partial charge in [-0.1, -0.05) is 6.07 Å². The van der Waals surface area contributed by atoms with Crippen LogP contribution in [-0.4, -0.2) is 47.8 Å². The second kappa shape index (κ2) is 8.72. The first-order valence-corrected chi connectivity index (χ1v) is 9.85. The maximum Gasteiger partial charge on any atom is 0.417 e. The molecule has 5 nitrogen and oxygen atoms in total. The van der Waals surface area contributed by atoms with Gasteiger partial charge in [0.1, 0.15) is 5.82 Å². The van der Waals surface area contributed by atoms with Gasteiger partial charge in [-0.25, -0.2) is 4.98 Å². The molecule has 0 unspecified atom stereocenters. The van der Waals surface area contributed by atoms with Crippen LogP contribution in [0.15, 0.2) is 35.8 Å². The Labute approximate surface area is 164 Å². The average Bonchev–Trinajstić information content (AvgIpc) is 3.10. The number of halogens is 3. The van der Waals surface area contributed by atoms with Gasteiger partial charge in [0.15, 0.2) is 5.78 Å². The van der Waals surface area contributed by atoms with Crippen LogP contribution in [0.25, 0.3) is 0 Å². The second-order valence-electron chi connectivity index (χ2n) is 6.52. The molecule has 0 aliphatic carbocycles. The Balaban J connectivity index is 1.52. The highest BCUT2D eigenvalue weighted by Crippen LogP contribution is 2.29. The highest BCUT2D eigenvalue weighted by Gasteiger charge is 2.31. The van der Waals surface area contributed by atoms with Crippen LogP contribution < -0.4 is 4.90 Å². The predicted octanol–water partition coefficient (Wildman–Crippen LogP) is 3.86. The first-order chi connectivity index (χ1) is 13.3. The summed E-state index contributed by atoms with van der Waals surface area (Å²) in [7, 11) is 0. The summed E-state index contributed by atoms with van der Waals surface area (Å²) in [5.74, 6) is 0.357. The minimum atomic E-state index is -4.41. The van der Waals surface area contributed by atoms with Crippen molar-refractivity contribution in [3.05, 3.63) is 46.3 Å². The summed E-state index contributed by atoms with van der Waals surface area (Å²) in [6, 6.07) is 5.93. The quantitative estimate of drug-likeness (QED) is 0.701. The Kier molecular flexibility index (Phi) is 6.33. The molecule has 0 radical (unpaired) electrons. The molecule has 3 rings (SSSR count). The molecule has 0 bridgehead atoms. The van der Waals surface area contributed by atoms with E-state index in [9.17, 15) is 22.8 Å². The van der Waals surface area contributed by atoms with Crippen molar-refractivity contribution in [3.63, 3.8) is 0 Å². The Morgan fingerprint density at radius 1 is 1.07 bits per heavy atom. The van der Waals surface area contributed by atoms with Crippen LogP contribution in [-0.2, 0) is 11.0 Å². The summed E-state index contributed by atoms with van der Waals surface area (Å²) in [6.07, 6.45) is -2.55. The normalized spacial score (nSPS) is 15.4. The zero-order valence-electron chi connectivity index (χ0n) is 15.1. The SMILES string of the molecule is O=C(CCC(=O)N1CCCN(c2ccc(C(F)(F)F)cn2)CC1)c1cccs1. The van der Waals surface area contributed by atoms with Gasteiger partial charge in [-0.05, 0) is 30.0 Å². The number of thiophene rings is 1. The van der Waals surface area contributed by atoms with Crippen LogP contribution in [0.5, 0.6) is 0 Å². The number of nitrogens with zero attached hydrogens (tertiary/aromatic N) is 3. The molecule has 0 saturated carbocycles. The zero-order chi connectivity index (χ0) is 20.1. The first-order valence-electron chi connectivity index (χ1n) is 8.97. The van der Waals surface area contributed by atoms with Gasteiger partial charge in [-0.3, -0.25) is 9.59 Å². The number of alkyl halides is 3. The monoisotopic (exact) mass is 411 g/mol. The number of rotatable bonds is 5. The topological polar surface area (TPSA) is 53.5 Å². The molecule has 150 valence electrons. The van der Waals surface area contributed by atoms with E-state index in [4.69, 9.17) is 0 Å². The van der Waals surface area contributed by atoms with Gasteiger partial charge >= 0.3 is 6.18 Å². The van der Waals surface area contributed by atoms with Crippen LogP contribution in [0.3, 0.4) is 0 Å². The van der Waals surface area contributed by atoms with Crippen LogP contribution in [0.1, 0.15) is 34.5 Å². The maximum absolute atomic E-state index is 12.7. The Bertz CT molecular complexity index is 807. The average molecular weight is 411 g/mol. The van der Waals surface area contributed by atoms with E-state index in [1.165, 1.54) is 17.4 Å². The van der Waals surface area contributed by atoms with Crippen molar-refractivity contribution in [2.24, 2.45) is 0 Å². The first kappa shape index (κ1) is 20.3. The van der Waals surface area contributed by atoms with Gasteiger partial charge in [0.2, 0.25) is 5.91 Å². The molecule has 1 amide bonds. The minimum absolute atomic E-state index is 0.0336. The number of amides is 1. The van der Waals surface area contributed by atoms with Gasteiger partial charge in [0.25, 0.3) is 0 Å². The number of carbonyl (C=O) groups is 2. The van der Waals surface area contributed by atoms with Crippen molar-refractivity contribution in [3.8, 4) is 0 Å². The summed E-state index contributed by atoms with van der Waals surface area (Å²) < 4.78 is 38.0. The van der Waals surface area contributed by atoms with Gasteiger partial charge < -0.3 is 9.80 Å². The third-order valence-electron chi connectivity index (χ3n) is 4.61. The van der Waals surface area contributed by atoms with E-state index < -0.39 is 11.7 Å². The number of hydrogen-bond acceptors (Lipinski definition) is 5. The molecule has 1 aliphatic heterocycles. The van der Waals surface area contributed by atoms with Crippen molar-refractivity contribution in [1.82, 2.24) is 9.88 Å². The molecular formula is C19H20F3N3O2S. The molecule has 1 saturated heterocycles. The third kappa shape index (κ3) is 5.09. The Hall–Kier alpha value is -2.42. The number of aromatic nitrogens is 1. The molecule has 2 aromatic heterocycles.